The number of amides is 1. The molecule has 2 heterocycles. The summed E-state index contributed by atoms with van der Waals surface area (Å²) in [6, 6.07) is 14.1. The van der Waals surface area contributed by atoms with Gasteiger partial charge in [0.05, 0.1) is 4.92 Å². The third-order valence-electron chi connectivity index (χ3n) is 5.98. The lowest BCUT2D eigenvalue weighted by atomic mass is 10.0. The molecule has 0 bridgehead atoms. The molecule has 4 rings (SSSR count). The number of anilines is 1. The number of nitro groups is 1. The number of carbonyl (C=O) groups excluding carboxylic acids is 1. The molecule has 1 aromatic heterocycles. The van der Waals surface area contributed by atoms with E-state index in [-0.39, 0.29) is 28.1 Å². The lowest BCUT2D eigenvalue weighted by molar-refractivity contribution is -0.384. The summed E-state index contributed by atoms with van der Waals surface area (Å²) in [4.78, 5) is 37.2. The Balaban J connectivity index is 1.57. The van der Waals surface area contributed by atoms with Crippen molar-refractivity contribution in [1.82, 2.24) is 14.9 Å². The standard InChI is InChI=1S/C25H26ClN5O3/c1-16(2)22-17(3)27-23(18-7-5-4-6-8-18)28-24(22)29-11-13-30(14-12-29)25(32)19-9-10-20(26)21(15-19)31(33)34/h4-10,15-16H,11-14H2,1-3H3. The first kappa shape index (κ1) is 23.6. The van der Waals surface area contributed by atoms with Gasteiger partial charge < -0.3 is 9.80 Å². The van der Waals surface area contributed by atoms with E-state index in [1.165, 1.54) is 18.2 Å². The molecule has 0 spiro atoms. The highest BCUT2D eigenvalue weighted by atomic mass is 35.5. The molecule has 0 N–H and O–H groups in total. The first-order valence-electron chi connectivity index (χ1n) is 11.2. The van der Waals surface area contributed by atoms with Crippen molar-refractivity contribution in [2.24, 2.45) is 0 Å². The first-order valence-corrected chi connectivity index (χ1v) is 11.6. The largest absolute Gasteiger partial charge is 0.353 e. The van der Waals surface area contributed by atoms with Gasteiger partial charge in [0.15, 0.2) is 5.82 Å². The second-order valence-electron chi connectivity index (χ2n) is 8.59. The normalized spacial score (nSPS) is 13.9. The molecule has 8 nitrogen and oxygen atoms in total. The van der Waals surface area contributed by atoms with Crippen LogP contribution in [0.3, 0.4) is 0 Å². The first-order chi connectivity index (χ1) is 16.3. The highest BCUT2D eigenvalue weighted by molar-refractivity contribution is 6.32. The van der Waals surface area contributed by atoms with Gasteiger partial charge in [0, 0.05) is 54.6 Å². The number of rotatable bonds is 5. The Hall–Kier alpha value is -3.52. The van der Waals surface area contributed by atoms with E-state index >= 15 is 0 Å². The van der Waals surface area contributed by atoms with Crippen molar-refractivity contribution in [1.29, 1.82) is 0 Å². The van der Waals surface area contributed by atoms with E-state index in [0.717, 1.165) is 22.6 Å². The molecule has 1 aliphatic heterocycles. The van der Waals surface area contributed by atoms with Crippen molar-refractivity contribution in [2.75, 3.05) is 31.1 Å². The molecular formula is C25H26ClN5O3. The van der Waals surface area contributed by atoms with Gasteiger partial charge in [-0.05, 0) is 25.0 Å². The van der Waals surface area contributed by atoms with Crippen molar-refractivity contribution in [3.63, 3.8) is 0 Å². The minimum Gasteiger partial charge on any atom is -0.353 e. The van der Waals surface area contributed by atoms with Crippen molar-refractivity contribution >= 4 is 29.0 Å². The molecule has 1 amide bonds. The van der Waals surface area contributed by atoms with Gasteiger partial charge in [0.1, 0.15) is 10.8 Å². The van der Waals surface area contributed by atoms with Crippen molar-refractivity contribution in [3.05, 3.63) is 80.5 Å². The summed E-state index contributed by atoms with van der Waals surface area (Å²) < 4.78 is 0. The van der Waals surface area contributed by atoms with E-state index in [0.29, 0.717) is 32.0 Å². The predicted octanol–water partition coefficient (Wildman–Crippen LogP) is 5.10. The maximum atomic E-state index is 13.0. The molecule has 0 radical (unpaired) electrons. The third kappa shape index (κ3) is 4.72. The van der Waals surface area contributed by atoms with Crippen LogP contribution < -0.4 is 4.90 Å². The van der Waals surface area contributed by atoms with Crippen LogP contribution in [-0.4, -0.2) is 51.9 Å². The van der Waals surface area contributed by atoms with Crippen LogP contribution in [0.5, 0.6) is 0 Å². The summed E-state index contributed by atoms with van der Waals surface area (Å²) in [5.41, 5.74) is 3.01. The molecule has 176 valence electrons. The van der Waals surface area contributed by atoms with Crippen LogP contribution in [0.25, 0.3) is 11.4 Å². The smallest absolute Gasteiger partial charge is 0.288 e. The number of carbonyl (C=O) groups is 1. The fourth-order valence-electron chi connectivity index (χ4n) is 4.29. The molecular weight excluding hydrogens is 454 g/mol. The average Bonchev–Trinajstić information content (AvgIpc) is 2.83. The number of halogens is 1. The molecule has 9 heteroatoms. The minimum atomic E-state index is -0.577. The zero-order chi connectivity index (χ0) is 24.4. The van der Waals surface area contributed by atoms with E-state index < -0.39 is 4.92 Å². The SMILES string of the molecule is Cc1nc(-c2ccccc2)nc(N2CCN(C(=O)c3ccc(Cl)c([N+](=O)[O-])c3)CC2)c1C(C)C. The minimum absolute atomic E-state index is 0.0148. The van der Waals surface area contributed by atoms with E-state index in [1.807, 2.05) is 37.3 Å². The number of nitro benzene ring substituents is 1. The molecule has 3 aromatic rings. The molecule has 1 fully saturated rings. The van der Waals surface area contributed by atoms with Gasteiger partial charge in [-0.15, -0.1) is 0 Å². The number of aryl methyl sites for hydroxylation is 1. The number of nitrogens with zero attached hydrogens (tertiary/aromatic N) is 5. The Bertz CT molecular complexity index is 1220. The predicted molar refractivity (Wildman–Crippen MR) is 133 cm³/mol. The summed E-state index contributed by atoms with van der Waals surface area (Å²) >= 11 is 5.89. The average molecular weight is 480 g/mol. The summed E-state index contributed by atoms with van der Waals surface area (Å²) in [6.07, 6.45) is 0. The van der Waals surface area contributed by atoms with Crippen LogP contribution in [0, 0.1) is 17.0 Å². The van der Waals surface area contributed by atoms with Gasteiger partial charge in [-0.2, -0.15) is 0 Å². The zero-order valence-corrected chi connectivity index (χ0v) is 20.1. The quantitative estimate of drug-likeness (QED) is 0.373. The van der Waals surface area contributed by atoms with E-state index in [2.05, 4.69) is 18.7 Å². The molecule has 0 unspecified atom stereocenters. The Labute approximate surface area is 203 Å². The molecule has 0 saturated carbocycles. The van der Waals surface area contributed by atoms with Gasteiger partial charge in [-0.25, -0.2) is 9.97 Å². The summed E-state index contributed by atoms with van der Waals surface area (Å²) in [6.45, 7) is 8.44. The lowest BCUT2D eigenvalue weighted by Crippen LogP contribution is -2.49. The fourth-order valence-corrected chi connectivity index (χ4v) is 4.48. The van der Waals surface area contributed by atoms with Crippen LogP contribution in [0.15, 0.2) is 48.5 Å². The maximum absolute atomic E-state index is 13.0. The fraction of sp³-hybridized carbons (Fsp3) is 0.320. The maximum Gasteiger partial charge on any atom is 0.288 e. The molecule has 0 aliphatic carbocycles. The second kappa shape index (κ2) is 9.77. The third-order valence-corrected chi connectivity index (χ3v) is 6.30. The number of aromatic nitrogens is 2. The van der Waals surface area contributed by atoms with Gasteiger partial charge >= 0.3 is 0 Å². The topological polar surface area (TPSA) is 92.5 Å². The summed E-state index contributed by atoms with van der Waals surface area (Å²) in [5, 5.41) is 11.2. The van der Waals surface area contributed by atoms with Crippen LogP contribution in [0.2, 0.25) is 5.02 Å². The summed E-state index contributed by atoms with van der Waals surface area (Å²) in [5.74, 6) is 1.58. The Morgan fingerprint density at radius 2 is 1.74 bits per heavy atom. The van der Waals surface area contributed by atoms with Gasteiger partial charge in [-0.3, -0.25) is 14.9 Å². The molecule has 2 aromatic carbocycles. The molecule has 1 saturated heterocycles. The molecule has 34 heavy (non-hydrogen) atoms. The van der Waals surface area contributed by atoms with Crippen molar-refractivity contribution in [3.8, 4) is 11.4 Å². The number of piperazine rings is 1. The van der Waals surface area contributed by atoms with Crippen molar-refractivity contribution < 1.29 is 9.72 Å². The van der Waals surface area contributed by atoms with E-state index in [9.17, 15) is 14.9 Å². The van der Waals surface area contributed by atoms with Crippen LogP contribution in [0.1, 0.15) is 41.4 Å². The highest BCUT2D eigenvalue weighted by Gasteiger charge is 2.27. The van der Waals surface area contributed by atoms with Gasteiger partial charge in [0.25, 0.3) is 11.6 Å². The van der Waals surface area contributed by atoms with Crippen LogP contribution in [-0.2, 0) is 0 Å². The molecule has 0 atom stereocenters. The van der Waals surface area contributed by atoms with Gasteiger partial charge in [0.2, 0.25) is 0 Å². The van der Waals surface area contributed by atoms with Crippen LogP contribution >= 0.6 is 11.6 Å². The van der Waals surface area contributed by atoms with Gasteiger partial charge in [-0.1, -0.05) is 55.8 Å². The van der Waals surface area contributed by atoms with E-state index in [4.69, 9.17) is 21.6 Å². The Kier molecular flexibility index (Phi) is 6.79. The van der Waals surface area contributed by atoms with E-state index in [1.54, 1.807) is 4.90 Å². The van der Waals surface area contributed by atoms with Crippen LogP contribution in [0.4, 0.5) is 11.5 Å². The number of benzene rings is 2. The number of hydrogen-bond donors (Lipinski definition) is 0. The number of hydrogen-bond acceptors (Lipinski definition) is 6. The molecule has 1 aliphatic rings. The summed E-state index contributed by atoms with van der Waals surface area (Å²) in [7, 11) is 0. The Morgan fingerprint density at radius 1 is 1.06 bits per heavy atom. The lowest BCUT2D eigenvalue weighted by Gasteiger charge is -2.37. The second-order valence-corrected chi connectivity index (χ2v) is 9.00. The highest BCUT2D eigenvalue weighted by Crippen LogP contribution is 2.32. The van der Waals surface area contributed by atoms with Crippen molar-refractivity contribution in [2.45, 2.75) is 26.7 Å². The Morgan fingerprint density at radius 3 is 2.35 bits per heavy atom. The monoisotopic (exact) mass is 479 g/mol. The zero-order valence-electron chi connectivity index (χ0n) is 19.4.